The van der Waals surface area contributed by atoms with Gasteiger partial charge in [0.25, 0.3) is 6.01 Å². The molecule has 2 aliphatic heterocycles. The smallest absolute Gasteiger partial charge is 0.298 e. The number of nitrogens with zero attached hydrogens (tertiary/aromatic N) is 3. The average molecular weight is 387 g/mol. The van der Waals surface area contributed by atoms with Gasteiger partial charge in [-0.1, -0.05) is 48.5 Å². The molecule has 1 fully saturated rings. The predicted molar refractivity (Wildman–Crippen MR) is 115 cm³/mol. The Hall–Kier alpha value is -3.08. The Morgan fingerprint density at radius 1 is 0.966 bits per heavy atom. The summed E-state index contributed by atoms with van der Waals surface area (Å²) in [4.78, 5) is 21.8. The lowest BCUT2D eigenvalue weighted by molar-refractivity contribution is -0.135. The van der Waals surface area contributed by atoms with E-state index in [1.807, 2.05) is 35.2 Å². The van der Waals surface area contributed by atoms with Gasteiger partial charge in [-0.3, -0.25) is 4.79 Å². The van der Waals surface area contributed by atoms with E-state index in [1.165, 1.54) is 11.1 Å². The van der Waals surface area contributed by atoms with Crippen LogP contribution in [-0.2, 0) is 4.79 Å². The minimum absolute atomic E-state index is 0.0994. The van der Waals surface area contributed by atoms with Gasteiger partial charge >= 0.3 is 0 Å². The van der Waals surface area contributed by atoms with Crippen LogP contribution in [-0.4, -0.2) is 42.0 Å². The van der Waals surface area contributed by atoms with Gasteiger partial charge in [0.15, 0.2) is 5.58 Å². The summed E-state index contributed by atoms with van der Waals surface area (Å²) in [6, 6.07) is 19.0. The van der Waals surface area contributed by atoms with Gasteiger partial charge < -0.3 is 14.2 Å². The van der Waals surface area contributed by atoms with Crippen LogP contribution >= 0.6 is 0 Å². The predicted octanol–water partition coefficient (Wildman–Crippen LogP) is 4.36. The quantitative estimate of drug-likeness (QED) is 0.670. The molecule has 2 aromatic carbocycles. The van der Waals surface area contributed by atoms with Crippen LogP contribution in [0.3, 0.4) is 0 Å². The Morgan fingerprint density at radius 2 is 1.72 bits per heavy atom. The molecule has 0 N–H and O–H groups in total. The van der Waals surface area contributed by atoms with E-state index in [0.29, 0.717) is 18.5 Å². The van der Waals surface area contributed by atoms with Crippen LogP contribution in [0.15, 0.2) is 65.1 Å². The van der Waals surface area contributed by atoms with E-state index >= 15 is 0 Å². The number of fused-ring (bicyclic) bond motifs is 1. The van der Waals surface area contributed by atoms with E-state index in [0.717, 1.165) is 50.0 Å². The average Bonchev–Trinajstić information content (AvgIpc) is 3.24. The number of benzene rings is 2. The van der Waals surface area contributed by atoms with Crippen molar-refractivity contribution in [2.75, 3.05) is 31.1 Å². The number of piperidine rings is 1. The molecular weight excluding hydrogens is 362 g/mol. The van der Waals surface area contributed by atoms with Gasteiger partial charge in [-0.05, 0) is 42.5 Å². The summed E-state index contributed by atoms with van der Waals surface area (Å²) in [6.45, 7) is 3.14. The van der Waals surface area contributed by atoms with Crippen LogP contribution in [0, 0.1) is 5.92 Å². The van der Waals surface area contributed by atoms with Crippen LogP contribution in [0.1, 0.15) is 24.8 Å². The maximum absolute atomic E-state index is 13.0. The first kappa shape index (κ1) is 18.0. The van der Waals surface area contributed by atoms with E-state index in [9.17, 15) is 4.79 Å². The number of aromatic nitrogens is 1. The van der Waals surface area contributed by atoms with Gasteiger partial charge in [-0.2, -0.15) is 4.98 Å². The Morgan fingerprint density at radius 3 is 2.45 bits per heavy atom. The highest BCUT2D eigenvalue weighted by molar-refractivity contribution is 5.81. The molecule has 0 spiro atoms. The first-order valence-corrected chi connectivity index (χ1v) is 10.4. The molecule has 1 amide bonds. The molecule has 3 aromatic rings. The molecule has 0 aliphatic carbocycles. The lowest BCUT2D eigenvalue weighted by atomic mass is 9.93. The Balaban J connectivity index is 1.19. The number of para-hydroxylation sites is 2. The van der Waals surface area contributed by atoms with Crippen molar-refractivity contribution in [3.63, 3.8) is 0 Å². The molecule has 5 nitrogen and oxygen atoms in total. The molecule has 0 atom stereocenters. The number of carbonyl (C=O) groups excluding carboxylic acids is 1. The Kier molecular flexibility index (Phi) is 4.80. The van der Waals surface area contributed by atoms with Crippen LogP contribution in [0.4, 0.5) is 6.01 Å². The fourth-order valence-electron chi connectivity index (χ4n) is 4.35. The molecule has 5 heteroatoms. The molecule has 2 aliphatic rings. The summed E-state index contributed by atoms with van der Waals surface area (Å²) in [7, 11) is 0. The number of rotatable bonds is 3. The van der Waals surface area contributed by atoms with Crippen LogP contribution in [0.25, 0.3) is 16.7 Å². The van der Waals surface area contributed by atoms with Gasteiger partial charge in [0, 0.05) is 32.1 Å². The minimum atomic E-state index is 0.0994. The van der Waals surface area contributed by atoms with Gasteiger partial charge in [-0.15, -0.1) is 0 Å². The maximum Gasteiger partial charge on any atom is 0.298 e. The lowest BCUT2D eigenvalue weighted by Gasteiger charge is -2.34. The number of hydrogen-bond acceptors (Lipinski definition) is 4. The normalized spacial score (nSPS) is 18.1. The van der Waals surface area contributed by atoms with E-state index in [2.05, 4.69) is 40.2 Å². The number of oxazole rings is 1. The molecule has 5 rings (SSSR count). The van der Waals surface area contributed by atoms with Crippen LogP contribution in [0.5, 0.6) is 0 Å². The van der Waals surface area contributed by atoms with Gasteiger partial charge in [-0.25, -0.2) is 0 Å². The minimum Gasteiger partial charge on any atom is -0.423 e. The summed E-state index contributed by atoms with van der Waals surface area (Å²) in [5, 5.41) is 0. The summed E-state index contributed by atoms with van der Waals surface area (Å²) < 4.78 is 5.89. The number of amides is 1. The zero-order chi connectivity index (χ0) is 19.6. The fraction of sp³-hybridized carbons (Fsp3) is 0.333. The van der Waals surface area contributed by atoms with E-state index in [-0.39, 0.29) is 5.92 Å². The van der Waals surface area contributed by atoms with Crippen LogP contribution < -0.4 is 4.90 Å². The number of carbonyl (C=O) groups is 1. The zero-order valence-corrected chi connectivity index (χ0v) is 16.5. The van der Waals surface area contributed by atoms with E-state index < -0.39 is 0 Å². The summed E-state index contributed by atoms with van der Waals surface area (Å²) >= 11 is 0. The SMILES string of the molecule is O=C(C1CCN(c2nc3ccccc3o2)CC1)N1CC=C(c2ccccc2)CC1. The third-order valence-electron chi connectivity index (χ3n) is 6.06. The van der Waals surface area contributed by atoms with Crippen molar-refractivity contribution in [1.29, 1.82) is 0 Å². The number of anilines is 1. The molecule has 0 saturated carbocycles. The molecular formula is C24H25N3O2. The second kappa shape index (κ2) is 7.74. The lowest BCUT2D eigenvalue weighted by Crippen LogP contribution is -2.44. The fourth-order valence-corrected chi connectivity index (χ4v) is 4.35. The maximum atomic E-state index is 13.0. The summed E-state index contributed by atoms with van der Waals surface area (Å²) in [5.41, 5.74) is 4.32. The van der Waals surface area contributed by atoms with Gasteiger partial charge in [0.05, 0.1) is 0 Å². The highest BCUT2D eigenvalue weighted by Crippen LogP contribution is 2.28. The van der Waals surface area contributed by atoms with Crippen molar-refractivity contribution in [3.05, 3.63) is 66.2 Å². The largest absolute Gasteiger partial charge is 0.423 e. The molecule has 1 aromatic heterocycles. The standard InChI is InChI=1S/C24H25N3O2/c28-23(26-14-10-19(11-15-26)18-6-2-1-3-7-18)20-12-16-27(17-13-20)24-25-21-8-4-5-9-22(21)29-24/h1-10,20H,11-17H2. The molecule has 148 valence electrons. The van der Waals surface area contributed by atoms with Crippen LogP contribution in [0.2, 0.25) is 0 Å². The highest BCUT2D eigenvalue weighted by atomic mass is 16.4. The number of hydrogen-bond donors (Lipinski definition) is 0. The van der Waals surface area contributed by atoms with Gasteiger partial charge in [0.1, 0.15) is 5.52 Å². The highest BCUT2D eigenvalue weighted by Gasteiger charge is 2.30. The van der Waals surface area contributed by atoms with Crippen molar-refractivity contribution in [2.24, 2.45) is 5.92 Å². The second-order valence-corrected chi connectivity index (χ2v) is 7.86. The third kappa shape index (κ3) is 3.65. The van der Waals surface area contributed by atoms with E-state index in [4.69, 9.17) is 4.42 Å². The Bertz CT molecular complexity index is 999. The molecule has 3 heterocycles. The monoisotopic (exact) mass is 387 g/mol. The topological polar surface area (TPSA) is 49.6 Å². The van der Waals surface area contributed by atoms with Gasteiger partial charge in [0.2, 0.25) is 5.91 Å². The first-order valence-electron chi connectivity index (χ1n) is 10.4. The first-order chi connectivity index (χ1) is 14.3. The molecule has 0 radical (unpaired) electrons. The molecule has 29 heavy (non-hydrogen) atoms. The Labute approximate surface area is 170 Å². The summed E-state index contributed by atoms with van der Waals surface area (Å²) in [6.07, 6.45) is 4.84. The van der Waals surface area contributed by atoms with Crippen molar-refractivity contribution < 1.29 is 9.21 Å². The molecule has 0 unspecified atom stereocenters. The van der Waals surface area contributed by atoms with E-state index in [1.54, 1.807) is 0 Å². The van der Waals surface area contributed by atoms with Crippen molar-refractivity contribution in [1.82, 2.24) is 9.88 Å². The van der Waals surface area contributed by atoms with Crippen molar-refractivity contribution in [2.45, 2.75) is 19.3 Å². The molecule has 1 saturated heterocycles. The third-order valence-corrected chi connectivity index (χ3v) is 6.06. The summed E-state index contributed by atoms with van der Waals surface area (Å²) in [5.74, 6) is 0.396. The molecule has 0 bridgehead atoms. The van der Waals surface area contributed by atoms with Crippen molar-refractivity contribution in [3.8, 4) is 0 Å². The zero-order valence-electron chi connectivity index (χ0n) is 16.5. The van der Waals surface area contributed by atoms with Crippen molar-refractivity contribution >= 4 is 28.6 Å². The second-order valence-electron chi connectivity index (χ2n) is 7.86.